The van der Waals surface area contributed by atoms with Gasteiger partial charge in [-0.25, -0.2) is 0 Å². The number of carbonyl (C=O) groups is 2. The van der Waals surface area contributed by atoms with Crippen LogP contribution in [0.5, 0.6) is 0 Å². The van der Waals surface area contributed by atoms with Crippen LogP contribution in [0.4, 0.5) is 0 Å². The Bertz CT molecular complexity index is 752. The minimum atomic E-state index is -0.820. The molecule has 22 heavy (non-hydrogen) atoms. The fraction of sp³-hybridized carbons (Fsp3) is 0. The molecule has 0 bridgehead atoms. The molecule has 1 aliphatic carbocycles. The Kier molecular flexibility index (Phi) is 3.27. The molecule has 0 atom stereocenters. The van der Waals surface area contributed by atoms with E-state index >= 15 is 0 Å². The summed E-state index contributed by atoms with van der Waals surface area (Å²) in [6.07, 6.45) is 6.02. The number of allylic oxidation sites excluding steroid dienone is 2. The predicted molar refractivity (Wildman–Crippen MR) is 75.0 cm³/mol. The van der Waals surface area contributed by atoms with Crippen molar-refractivity contribution >= 4 is 23.0 Å². The molecule has 0 saturated carbocycles. The second-order valence-electron chi connectivity index (χ2n) is 4.62. The second kappa shape index (κ2) is 5.25. The highest BCUT2D eigenvalue weighted by atomic mass is 16.3. The van der Waals surface area contributed by atoms with Gasteiger partial charge in [0.1, 0.15) is 0 Å². The summed E-state index contributed by atoms with van der Waals surface area (Å²) in [5, 5.41) is 20.3. The minimum absolute atomic E-state index is 0.275. The average Bonchev–Trinajstić information content (AvgIpc) is 2.55. The van der Waals surface area contributed by atoms with E-state index in [1.54, 1.807) is 36.4 Å². The molecule has 2 aromatic heterocycles. The molecule has 6 nitrogen and oxygen atoms in total. The van der Waals surface area contributed by atoms with Gasteiger partial charge in [0.15, 0.2) is 24.8 Å². The Morgan fingerprint density at radius 2 is 0.909 bits per heavy atom. The van der Waals surface area contributed by atoms with Crippen molar-refractivity contribution in [2.75, 3.05) is 0 Å². The summed E-state index contributed by atoms with van der Waals surface area (Å²) in [6, 6.07) is 10.0. The molecular weight excluding hydrogens is 284 g/mol. The number of Topliss-reactive ketones (excluding diaryl/α,β-unsaturated/α-hetero) is 2. The fourth-order valence-corrected chi connectivity index (χ4v) is 2.23. The van der Waals surface area contributed by atoms with Gasteiger partial charge < -0.3 is 10.2 Å². The van der Waals surface area contributed by atoms with Crippen molar-refractivity contribution in [3.63, 3.8) is 0 Å². The summed E-state index contributed by atoms with van der Waals surface area (Å²) >= 11 is 0. The first-order valence-electron chi connectivity index (χ1n) is 6.50. The standard InChI is InChI=1S/C16H10N2O4/c19-13-11(17-7-3-1-4-8-17)14(20)16(22)12(15(13)21)18-9-5-2-6-10-18/h1-10H/p+2. The first-order chi connectivity index (χ1) is 10.6. The van der Waals surface area contributed by atoms with E-state index in [4.69, 9.17) is 0 Å². The predicted octanol–water partition coefficient (Wildman–Crippen LogP) is 0.567. The lowest BCUT2D eigenvalue weighted by molar-refractivity contribution is -0.582. The smallest absolute Gasteiger partial charge is 0.309 e. The molecule has 0 radical (unpaired) electrons. The highest BCUT2D eigenvalue weighted by Gasteiger charge is 2.45. The molecule has 2 aromatic rings. The molecule has 2 heterocycles. The van der Waals surface area contributed by atoms with Crippen molar-refractivity contribution in [1.82, 2.24) is 0 Å². The number of rotatable bonds is 2. The summed E-state index contributed by atoms with van der Waals surface area (Å²) < 4.78 is 2.58. The van der Waals surface area contributed by atoms with Crippen LogP contribution in [0.15, 0.2) is 72.7 Å². The molecule has 2 N–H and O–H groups in total. The molecule has 3 rings (SSSR count). The van der Waals surface area contributed by atoms with E-state index in [0.717, 1.165) is 0 Å². The first-order valence-corrected chi connectivity index (χ1v) is 6.50. The van der Waals surface area contributed by atoms with E-state index in [0.29, 0.717) is 0 Å². The van der Waals surface area contributed by atoms with Crippen molar-refractivity contribution in [2.45, 2.75) is 0 Å². The van der Waals surface area contributed by atoms with Crippen molar-refractivity contribution in [1.29, 1.82) is 0 Å². The largest absolute Gasteiger partial charge is 0.499 e. The zero-order valence-electron chi connectivity index (χ0n) is 11.4. The highest BCUT2D eigenvalue weighted by Crippen LogP contribution is 2.21. The molecule has 1 aliphatic rings. The third kappa shape index (κ3) is 2.07. The van der Waals surface area contributed by atoms with Crippen LogP contribution in [0.2, 0.25) is 0 Å². The fourth-order valence-electron chi connectivity index (χ4n) is 2.23. The molecule has 108 valence electrons. The van der Waals surface area contributed by atoms with Gasteiger partial charge in [-0.1, -0.05) is 12.1 Å². The Labute approximate surface area is 125 Å². The number of ketones is 2. The molecule has 0 spiro atoms. The average molecular weight is 296 g/mol. The van der Waals surface area contributed by atoms with Crippen LogP contribution in [0.3, 0.4) is 0 Å². The zero-order chi connectivity index (χ0) is 15.7. The van der Waals surface area contributed by atoms with Gasteiger partial charge in [-0.2, -0.15) is 9.13 Å². The quantitative estimate of drug-likeness (QED) is 0.627. The van der Waals surface area contributed by atoms with Crippen LogP contribution >= 0.6 is 0 Å². The topological polar surface area (TPSA) is 82.4 Å². The Morgan fingerprint density at radius 3 is 1.23 bits per heavy atom. The van der Waals surface area contributed by atoms with E-state index in [1.807, 2.05) is 0 Å². The van der Waals surface area contributed by atoms with Gasteiger partial charge in [-0.15, -0.1) is 0 Å². The Hall–Kier alpha value is -3.28. The van der Waals surface area contributed by atoms with Crippen LogP contribution in [-0.4, -0.2) is 21.8 Å². The van der Waals surface area contributed by atoms with E-state index in [1.165, 1.54) is 33.9 Å². The van der Waals surface area contributed by atoms with Crippen LogP contribution in [0, 0.1) is 0 Å². The lowest BCUT2D eigenvalue weighted by atomic mass is 10.0. The van der Waals surface area contributed by atoms with Gasteiger partial charge in [0, 0.05) is 24.3 Å². The van der Waals surface area contributed by atoms with Gasteiger partial charge in [-0.3, -0.25) is 9.59 Å². The number of aliphatic hydroxyl groups excluding tert-OH is 2. The number of pyridine rings is 2. The normalized spacial score (nSPS) is 15.5. The SMILES string of the molecule is O=C1C(O)=C([n+]2ccccc2)C(=O)C(O)=C1[n+]1ccccc1. The van der Waals surface area contributed by atoms with Crippen molar-refractivity contribution in [2.24, 2.45) is 0 Å². The third-order valence-corrected chi connectivity index (χ3v) is 3.26. The summed E-state index contributed by atoms with van der Waals surface area (Å²) in [7, 11) is 0. The molecule has 0 aromatic carbocycles. The summed E-state index contributed by atoms with van der Waals surface area (Å²) in [4.78, 5) is 24.7. The molecule has 0 amide bonds. The zero-order valence-corrected chi connectivity index (χ0v) is 11.4. The van der Waals surface area contributed by atoms with Crippen LogP contribution < -0.4 is 9.13 Å². The molecular formula is C16H12N2O4+2. The molecule has 0 fully saturated rings. The number of carbonyl (C=O) groups excluding carboxylic acids is 2. The van der Waals surface area contributed by atoms with Gasteiger partial charge in [0.25, 0.3) is 0 Å². The third-order valence-electron chi connectivity index (χ3n) is 3.26. The maximum absolute atomic E-state index is 12.4. The summed E-state index contributed by atoms with van der Waals surface area (Å²) in [5.74, 6) is -3.05. The number of nitrogens with zero attached hydrogens (tertiary/aromatic N) is 2. The van der Waals surface area contributed by atoms with Gasteiger partial charge in [0.05, 0.1) is 0 Å². The maximum Gasteiger partial charge on any atom is 0.309 e. The Balaban J connectivity index is 2.16. The second-order valence-corrected chi connectivity index (χ2v) is 4.62. The van der Waals surface area contributed by atoms with Crippen molar-refractivity contribution in [3.8, 4) is 0 Å². The molecule has 6 heteroatoms. The van der Waals surface area contributed by atoms with Gasteiger partial charge in [0.2, 0.25) is 11.5 Å². The van der Waals surface area contributed by atoms with Gasteiger partial charge >= 0.3 is 23.0 Å². The highest BCUT2D eigenvalue weighted by molar-refractivity contribution is 6.39. The minimum Gasteiger partial charge on any atom is -0.499 e. The number of aliphatic hydroxyl groups is 2. The Morgan fingerprint density at radius 1 is 0.591 bits per heavy atom. The van der Waals surface area contributed by atoms with Crippen LogP contribution in [0.1, 0.15) is 0 Å². The monoisotopic (exact) mass is 296 g/mol. The van der Waals surface area contributed by atoms with Crippen LogP contribution in [0.25, 0.3) is 11.4 Å². The maximum atomic E-state index is 12.4. The summed E-state index contributed by atoms with van der Waals surface area (Å²) in [6.45, 7) is 0. The molecule has 0 saturated heterocycles. The van der Waals surface area contributed by atoms with E-state index in [-0.39, 0.29) is 11.4 Å². The number of hydrogen-bond donors (Lipinski definition) is 2. The lowest BCUT2D eigenvalue weighted by Crippen LogP contribution is -2.46. The number of hydrogen-bond acceptors (Lipinski definition) is 4. The van der Waals surface area contributed by atoms with E-state index < -0.39 is 23.1 Å². The lowest BCUT2D eigenvalue weighted by Gasteiger charge is -2.10. The molecule has 0 aliphatic heterocycles. The van der Waals surface area contributed by atoms with E-state index in [2.05, 4.69) is 0 Å². The van der Waals surface area contributed by atoms with Crippen LogP contribution in [-0.2, 0) is 9.59 Å². The first kappa shape index (κ1) is 13.7. The van der Waals surface area contributed by atoms with Gasteiger partial charge in [-0.05, 0) is 0 Å². The van der Waals surface area contributed by atoms with Crippen molar-refractivity contribution < 1.29 is 28.9 Å². The van der Waals surface area contributed by atoms with E-state index in [9.17, 15) is 19.8 Å². The number of aromatic nitrogens is 2. The summed E-state index contributed by atoms with van der Waals surface area (Å²) in [5.41, 5.74) is -0.549. The molecule has 0 unspecified atom stereocenters. The van der Waals surface area contributed by atoms with Crippen molar-refractivity contribution in [3.05, 3.63) is 72.7 Å².